The molecular formula is C24H34N4O2S. The first-order valence-electron chi connectivity index (χ1n) is 11.2. The number of nitrogens with zero attached hydrogens (tertiary/aromatic N) is 2. The third kappa shape index (κ3) is 4.23. The van der Waals surface area contributed by atoms with Crippen molar-refractivity contribution >= 4 is 15.9 Å². The quantitative estimate of drug-likeness (QED) is 0.709. The highest BCUT2D eigenvalue weighted by atomic mass is 32.2. The van der Waals surface area contributed by atoms with Gasteiger partial charge in [-0.1, -0.05) is 24.6 Å². The van der Waals surface area contributed by atoms with Gasteiger partial charge in [-0.15, -0.1) is 4.36 Å². The third-order valence-corrected chi connectivity index (χ3v) is 8.80. The number of carbonyl (C=O) groups excluding carboxylic acids is 1. The van der Waals surface area contributed by atoms with E-state index in [4.69, 9.17) is 5.14 Å². The van der Waals surface area contributed by atoms with Gasteiger partial charge in [0.25, 0.3) is 0 Å². The molecule has 0 radical (unpaired) electrons. The largest absolute Gasteiger partial charge is 0.354 e. The van der Waals surface area contributed by atoms with Gasteiger partial charge < -0.3 is 10.2 Å². The molecule has 6 nitrogen and oxygen atoms in total. The lowest BCUT2D eigenvalue weighted by molar-refractivity contribution is 0.197. The van der Waals surface area contributed by atoms with Gasteiger partial charge >= 0.3 is 6.03 Å². The van der Waals surface area contributed by atoms with E-state index in [2.05, 4.69) is 34.5 Å². The fourth-order valence-electron chi connectivity index (χ4n) is 5.09. The van der Waals surface area contributed by atoms with E-state index in [1.165, 1.54) is 24.0 Å². The zero-order valence-corrected chi connectivity index (χ0v) is 19.8. The van der Waals surface area contributed by atoms with Crippen LogP contribution in [0.3, 0.4) is 0 Å². The van der Waals surface area contributed by atoms with Crippen molar-refractivity contribution in [3.63, 3.8) is 0 Å². The minimum absolute atomic E-state index is 0.179. The summed E-state index contributed by atoms with van der Waals surface area (Å²) in [6.07, 6.45) is 9.04. The van der Waals surface area contributed by atoms with Crippen LogP contribution in [0.1, 0.15) is 57.9 Å². The number of benzene rings is 1. The highest BCUT2D eigenvalue weighted by molar-refractivity contribution is 7.91. The molecule has 7 heteroatoms. The van der Waals surface area contributed by atoms with Crippen LogP contribution < -0.4 is 10.5 Å². The number of hydrogen-bond acceptors (Lipinski definition) is 3. The van der Waals surface area contributed by atoms with Crippen LogP contribution in [0.2, 0.25) is 0 Å². The Balaban J connectivity index is 1.57. The molecule has 3 N–H and O–H groups in total. The average Bonchev–Trinajstić information content (AvgIpc) is 3.36. The molecule has 2 saturated carbocycles. The van der Waals surface area contributed by atoms with E-state index >= 15 is 0 Å². The molecule has 2 amide bonds. The Labute approximate surface area is 186 Å². The Morgan fingerprint density at radius 2 is 1.87 bits per heavy atom. The van der Waals surface area contributed by atoms with Crippen molar-refractivity contribution in [1.82, 2.24) is 10.2 Å². The van der Waals surface area contributed by atoms with E-state index in [0.717, 1.165) is 36.9 Å². The summed E-state index contributed by atoms with van der Waals surface area (Å²) < 4.78 is 17.0. The zero-order valence-electron chi connectivity index (χ0n) is 19.0. The Hall–Kier alpha value is -1.96. The van der Waals surface area contributed by atoms with E-state index in [1.807, 2.05) is 26.2 Å². The number of carbonyl (C=O) groups is 1. The second-order valence-corrected chi connectivity index (χ2v) is 11.5. The van der Waals surface area contributed by atoms with Crippen LogP contribution in [0.5, 0.6) is 0 Å². The van der Waals surface area contributed by atoms with Crippen LogP contribution >= 0.6 is 0 Å². The first kappa shape index (κ1) is 22.2. The summed E-state index contributed by atoms with van der Waals surface area (Å²) in [6.45, 7) is 4.22. The SMILES string of the molecule is CN(C)C(C)(C)c1ccc(S(N)(=O)=NC(=O)NC2=C3CCCC3=CC3CCCC23)cc1. The Morgan fingerprint density at radius 3 is 2.55 bits per heavy atom. The fourth-order valence-corrected chi connectivity index (χ4v) is 6.01. The maximum atomic E-state index is 13.1. The van der Waals surface area contributed by atoms with Crippen LogP contribution in [0.15, 0.2) is 56.4 Å². The number of nitrogens with two attached hydrogens (primary N) is 1. The molecule has 3 aliphatic carbocycles. The summed E-state index contributed by atoms with van der Waals surface area (Å²) in [5.74, 6) is 0.847. The van der Waals surface area contributed by atoms with E-state index in [9.17, 15) is 9.00 Å². The molecule has 0 aromatic heterocycles. The van der Waals surface area contributed by atoms with Crippen molar-refractivity contribution in [2.45, 2.75) is 62.8 Å². The summed E-state index contributed by atoms with van der Waals surface area (Å²) in [5.41, 5.74) is 4.55. The Morgan fingerprint density at radius 1 is 1.16 bits per heavy atom. The number of amides is 2. The number of allylic oxidation sites excluding steroid dienone is 4. The lowest BCUT2D eigenvalue weighted by atomic mass is 9.82. The number of fused-ring (bicyclic) bond motifs is 2. The van der Waals surface area contributed by atoms with E-state index in [0.29, 0.717) is 16.7 Å². The predicted octanol–water partition coefficient (Wildman–Crippen LogP) is 4.69. The van der Waals surface area contributed by atoms with Crippen LogP contribution in [0.4, 0.5) is 4.79 Å². The Bertz CT molecular complexity index is 1060. The second-order valence-electron chi connectivity index (χ2n) is 9.71. The van der Waals surface area contributed by atoms with Crippen LogP contribution in [0, 0.1) is 11.8 Å². The monoisotopic (exact) mass is 442 g/mol. The van der Waals surface area contributed by atoms with Crippen molar-refractivity contribution in [3.05, 3.63) is 52.7 Å². The first-order valence-corrected chi connectivity index (χ1v) is 12.8. The number of hydrogen-bond donors (Lipinski definition) is 2. The molecule has 31 heavy (non-hydrogen) atoms. The van der Waals surface area contributed by atoms with Crippen molar-refractivity contribution < 1.29 is 9.00 Å². The van der Waals surface area contributed by atoms with E-state index in [1.54, 1.807) is 12.1 Å². The number of rotatable bonds is 4. The molecule has 168 valence electrons. The van der Waals surface area contributed by atoms with Gasteiger partial charge in [-0.3, -0.25) is 0 Å². The molecule has 0 saturated heterocycles. The van der Waals surface area contributed by atoms with Gasteiger partial charge in [0.2, 0.25) is 0 Å². The van der Waals surface area contributed by atoms with Crippen molar-refractivity contribution in [2.24, 2.45) is 21.3 Å². The van der Waals surface area contributed by atoms with Gasteiger partial charge in [0.1, 0.15) is 9.92 Å². The smallest absolute Gasteiger partial charge is 0.309 e. The van der Waals surface area contributed by atoms with Crippen LogP contribution in [0.25, 0.3) is 0 Å². The maximum Gasteiger partial charge on any atom is 0.354 e. The molecule has 0 spiro atoms. The lowest BCUT2D eigenvalue weighted by Crippen LogP contribution is -2.35. The minimum atomic E-state index is -3.32. The first-order chi connectivity index (χ1) is 14.6. The number of urea groups is 1. The molecule has 2 fully saturated rings. The summed E-state index contributed by atoms with van der Waals surface area (Å²) in [4.78, 5) is 15.3. The lowest BCUT2D eigenvalue weighted by Gasteiger charge is -2.33. The maximum absolute atomic E-state index is 13.1. The average molecular weight is 443 g/mol. The van der Waals surface area contributed by atoms with Gasteiger partial charge in [0.05, 0.1) is 4.90 Å². The predicted molar refractivity (Wildman–Crippen MR) is 125 cm³/mol. The van der Waals surface area contributed by atoms with Crippen molar-refractivity contribution in [2.75, 3.05) is 14.1 Å². The topological polar surface area (TPSA) is 87.8 Å². The summed E-state index contributed by atoms with van der Waals surface area (Å²) in [5, 5.41) is 9.04. The Kier molecular flexibility index (Phi) is 5.87. The molecule has 3 atom stereocenters. The third-order valence-electron chi connectivity index (χ3n) is 7.42. The van der Waals surface area contributed by atoms with Crippen LogP contribution in [-0.4, -0.2) is 29.2 Å². The molecular weight excluding hydrogens is 408 g/mol. The van der Waals surface area contributed by atoms with Gasteiger partial charge in [-0.25, -0.2) is 14.1 Å². The van der Waals surface area contributed by atoms with E-state index in [-0.39, 0.29) is 5.54 Å². The van der Waals surface area contributed by atoms with Crippen LogP contribution in [-0.2, 0) is 15.5 Å². The minimum Gasteiger partial charge on any atom is -0.309 e. The molecule has 0 bridgehead atoms. The fraction of sp³-hybridized carbons (Fsp3) is 0.542. The summed E-state index contributed by atoms with van der Waals surface area (Å²) >= 11 is 0. The normalized spacial score (nSPS) is 25.0. The highest BCUT2D eigenvalue weighted by Crippen LogP contribution is 2.47. The van der Waals surface area contributed by atoms with Gasteiger partial charge in [0.15, 0.2) is 0 Å². The number of nitrogens with one attached hydrogen (secondary N) is 1. The molecule has 4 rings (SSSR count). The van der Waals surface area contributed by atoms with Crippen molar-refractivity contribution in [3.8, 4) is 0 Å². The molecule has 3 unspecified atom stereocenters. The van der Waals surface area contributed by atoms with Gasteiger partial charge in [-0.05, 0) is 94.8 Å². The molecule has 1 aromatic carbocycles. The standard InChI is InChI=1S/C24H34N4O2S/c1-24(2,28(3)4)18-11-13-19(14-12-18)31(25,30)27-23(29)26-22-20-9-5-7-16(20)15-17-8-6-10-21(17)22/h11-16,20H,5-10H2,1-4H3,(H3,25,26,27,29,30). The van der Waals surface area contributed by atoms with Gasteiger partial charge in [-0.2, -0.15) is 0 Å². The second kappa shape index (κ2) is 8.19. The van der Waals surface area contributed by atoms with Gasteiger partial charge in [0, 0.05) is 17.2 Å². The molecule has 0 heterocycles. The van der Waals surface area contributed by atoms with E-state index < -0.39 is 15.9 Å². The molecule has 0 aliphatic heterocycles. The zero-order chi connectivity index (χ0) is 22.4. The highest BCUT2D eigenvalue weighted by Gasteiger charge is 2.37. The summed E-state index contributed by atoms with van der Waals surface area (Å²) in [6, 6.07) is 6.63. The van der Waals surface area contributed by atoms with Crippen molar-refractivity contribution in [1.29, 1.82) is 0 Å². The molecule has 1 aromatic rings. The molecule has 3 aliphatic rings. The summed E-state index contributed by atoms with van der Waals surface area (Å²) in [7, 11) is 0.704.